The maximum absolute atomic E-state index is 12.6. The van der Waals surface area contributed by atoms with Crippen molar-refractivity contribution in [2.75, 3.05) is 7.11 Å². The molecule has 1 aliphatic carbocycles. The zero-order chi connectivity index (χ0) is 24.8. The average Bonchev–Trinajstić information content (AvgIpc) is 2.65. The topological polar surface area (TPSA) is 83.5 Å². The molecule has 1 aliphatic rings. The van der Waals surface area contributed by atoms with Crippen LogP contribution in [-0.2, 0) is 14.3 Å². The van der Waals surface area contributed by atoms with Gasteiger partial charge in [-0.1, -0.05) is 11.8 Å². The molecule has 2 rings (SSSR count). The van der Waals surface area contributed by atoms with E-state index >= 15 is 0 Å². The quantitative estimate of drug-likeness (QED) is 0.340. The second-order valence-corrected chi connectivity index (χ2v) is 9.91. The summed E-state index contributed by atoms with van der Waals surface area (Å²) in [6, 6.07) is 6.71. The number of nitrogens with zero attached hydrogens (tertiary/aromatic N) is 1. The Hall–Kier alpha value is -3.08. The summed E-state index contributed by atoms with van der Waals surface area (Å²) >= 11 is 0. The predicted octanol–water partition coefficient (Wildman–Crippen LogP) is 5.35. The molecule has 0 bridgehead atoms. The molecule has 1 fully saturated rings. The molecule has 1 atom stereocenters. The van der Waals surface area contributed by atoms with Crippen LogP contribution in [0.15, 0.2) is 24.3 Å². The number of hydrogen-bond acceptors (Lipinski definition) is 7. The van der Waals surface area contributed by atoms with Crippen molar-refractivity contribution in [3.8, 4) is 23.3 Å². The molecular weight excluding hydrogens is 426 g/mol. The van der Waals surface area contributed by atoms with Crippen molar-refractivity contribution in [1.29, 1.82) is 0 Å². The monoisotopic (exact) mass is 461 g/mol. The average molecular weight is 462 g/mol. The third-order valence-corrected chi connectivity index (χ3v) is 4.44. The molecule has 1 amide bonds. The van der Waals surface area contributed by atoms with Crippen molar-refractivity contribution in [3.05, 3.63) is 24.3 Å². The molecule has 0 aliphatic heterocycles. The molecule has 1 saturated carbocycles. The van der Waals surface area contributed by atoms with Gasteiger partial charge in [0.1, 0.15) is 34.8 Å². The van der Waals surface area contributed by atoms with Crippen LogP contribution in [0.5, 0.6) is 11.5 Å². The van der Waals surface area contributed by atoms with Crippen molar-refractivity contribution in [2.24, 2.45) is 5.92 Å². The Labute approximate surface area is 196 Å². The molecule has 8 nitrogen and oxygen atoms in total. The molecular formula is C25H35NO7. The van der Waals surface area contributed by atoms with Gasteiger partial charge in [-0.3, -0.25) is 4.84 Å². The number of rotatable bonds is 4. The van der Waals surface area contributed by atoms with Crippen LogP contribution in [0.4, 0.5) is 9.59 Å². The Bertz CT molecular complexity index is 865. The minimum Gasteiger partial charge on any atom is -0.497 e. The van der Waals surface area contributed by atoms with E-state index in [9.17, 15) is 9.59 Å². The third kappa shape index (κ3) is 9.13. The van der Waals surface area contributed by atoms with Crippen LogP contribution in [0.25, 0.3) is 0 Å². The lowest BCUT2D eigenvalue weighted by molar-refractivity contribution is -0.144. The van der Waals surface area contributed by atoms with Gasteiger partial charge in [0.05, 0.1) is 7.11 Å². The van der Waals surface area contributed by atoms with E-state index in [1.165, 1.54) is 0 Å². The van der Waals surface area contributed by atoms with Gasteiger partial charge in [0.2, 0.25) is 0 Å². The number of methoxy groups -OCH3 is 1. The van der Waals surface area contributed by atoms with E-state index in [-0.39, 0.29) is 12.0 Å². The Morgan fingerprint density at radius 2 is 1.52 bits per heavy atom. The summed E-state index contributed by atoms with van der Waals surface area (Å²) in [6.45, 7) is 12.0. The highest BCUT2D eigenvalue weighted by Crippen LogP contribution is 2.31. The fourth-order valence-corrected chi connectivity index (χ4v) is 2.85. The Morgan fingerprint density at radius 3 is 2.03 bits per heavy atom. The van der Waals surface area contributed by atoms with E-state index in [4.69, 9.17) is 23.8 Å². The van der Waals surface area contributed by atoms with Crippen LogP contribution in [0.2, 0.25) is 0 Å². The van der Waals surface area contributed by atoms with Gasteiger partial charge in [0.15, 0.2) is 0 Å². The summed E-state index contributed by atoms with van der Waals surface area (Å²) < 4.78 is 21.6. The highest BCUT2D eigenvalue weighted by atomic mass is 16.8. The highest BCUT2D eigenvalue weighted by molar-refractivity contribution is 5.70. The minimum absolute atomic E-state index is 0.0768. The van der Waals surface area contributed by atoms with Gasteiger partial charge >= 0.3 is 12.2 Å². The number of benzene rings is 1. The fraction of sp³-hybridized carbons (Fsp3) is 0.600. The summed E-state index contributed by atoms with van der Waals surface area (Å²) in [5.41, 5.74) is -1.53. The Kier molecular flexibility index (Phi) is 8.48. The summed E-state index contributed by atoms with van der Waals surface area (Å²) in [6.07, 6.45) is -0.202. The minimum atomic E-state index is -1.00. The number of carbonyl (C=O) groups excluding carboxylic acids is 2. The molecule has 0 radical (unpaired) electrons. The lowest BCUT2D eigenvalue weighted by Crippen LogP contribution is -2.44. The molecule has 0 saturated heterocycles. The van der Waals surface area contributed by atoms with Crippen LogP contribution < -0.4 is 9.47 Å². The van der Waals surface area contributed by atoms with Gasteiger partial charge in [0.25, 0.3) is 0 Å². The van der Waals surface area contributed by atoms with Crippen molar-refractivity contribution in [2.45, 2.75) is 84.7 Å². The maximum atomic E-state index is 12.6. The smallest absolute Gasteiger partial charge is 0.497 e. The van der Waals surface area contributed by atoms with Crippen LogP contribution in [-0.4, -0.2) is 47.8 Å². The van der Waals surface area contributed by atoms with Gasteiger partial charge < -0.3 is 18.9 Å². The molecule has 1 aromatic rings. The SMILES string of the molecule is COc1ccc(O[C@H]2C[C@H](C#CC(C)N(OC(=O)OC(C)(C)C)C(=O)OC(C)(C)C)C2)cc1. The molecule has 8 heteroatoms. The van der Waals surface area contributed by atoms with E-state index in [0.717, 1.165) is 29.4 Å². The number of carbonyl (C=O) groups is 2. The molecule has 182 valence electrons. The lowest BCUT2D eigenvalue weighted by Gasteiger charge is -2.32. The fourth-order valence-electron chi connectivity index (χ4n) is 2.85. The van der Waals surface area contributed by atoms with Gasteiger partial charge in [-0.2, -0.15) is 0 Å². The molecule has 1 aromatic carbocycles. The number of ether oxygens (including phenoxy) is 4. The first kappa shape index (κ1) is 26.2. The van der Waals surface area contributed by atoms with Gasteiger partial charge in [0, 0.05) is 5.92 Å². The second-order valence-electron chi connectivity index (χ2n) is 9.91. The molecule has 33 heavy (non-hydrogen) atoms. The number of hydrogen-bond donors (Lipinski definition) is 0. The van der Waals surface area contributed by atoms with Crippen LogP contribution in [0, 0.1) is 17.8 Å². The van der Waals surface area contributed by atoms with Crippen molar-refractivity contribution < 1.29 is 33.4 Å². The second kappa shape index (κ2) is 10.7. The molecule has 1 unspecified atom stereocenters. The molecule has 0 heterocycles. The van der Waals surface area contributed by atoms with Gasteiger partial charge in [-0.05, 0) is 85.6 Å². The third-order valence-electron chi connectivity index (χ3n) is 4.44. The summed E-state index contributed by atoms with van der Waals surface area (Å²) in [5, 5.41) is 0.816. The number of amides is 1. The zero-order valence-electron chi connectivity index (χ0n) is 20.8. The van der Waals surface area contributed by atoms with E-state index in [1.54, 1.807) is 55.6 Å². The van der Waals surface area contributed by atoms with Crippen molar-refractivity contribution in [1.82, 2.24) is 5.06 Å². The van der Waals surface area contributed by atoms with Gasteiger partial charge in [-0.25, -0.2) is 9.59 Å². The molecule has 0 spiro atoms. The van der Waals surface area contributed by atoms with E-state index in [0.29, 0.717) is 0 Å². The van der Waals surface area contributed by atoms with Gasteiger partial charge in [-0.15, -0.1) is 5.06 Å². The largest absolute Gasteiger partial charge is 0.534 e. The maximum Gasteiger partial charge on any atom is 0.534 e. The highest BCUT2D eigenvalue weighted by Gasteiger charge is 2.33. The van der Waals surface area contributed by atoms with E-state index < -0.39 is 29.5 Å². The van der Waals surface area contributed by atoms with Crippen molar-refractivity contribution in [3.63, 3.8) is 0 Å². The van der Waals surface area contributed by atoms with E-state index in [2.05, 4.69) is 11.8 Å². The predicted molar refractivity (Wildman–Crippen MR) is 123 cm³/mol. The van der Waals surface area contributed by atoms with E-state index in [1.807, 2.05) is 24.3 Å². The zero-order valence-corrected chi connectivity index (χ0v) is 20.8. The Balaban J connectivity index is 1.95. The van der Waals surface area contributed by atoms with Crippen LogP contribution in [0.3, 0.4) is 0 Å². The summed E-state index contributed by atoms with van der Waals surface area (Å²) in [4.78, 5) is 29.9. The standard InChI is InChI=1S/C25H35NO7/c1-17(26(22(27)31-24(2,3)4)33-23(28)32-25(5,6)7)9-10-18-15-21(16-18)30-20-13-11-19(29-8)12-14-20/h11-14,17-18,21H,15-16H2,1-8H3/t17?,18-,21-. The Morgan fingerprint density at radius 1 is 0.970 bits per heavy atom. The summed E-state index contributed by atoms with van der Waals surface area (Å²) in [5.74, 6) is 7.81. The van der Waals surface area contributed by atoms with Crippen LogP contribution in [0.1, 0.15) is 61.3 Å². The first-order valence-corrected chi connectivity index (χ1v) is 11.0. The van der Waals surface area contributed by atoms with Crippen molar-refractivity contribution >= 4 is 12.2 Å². The molecule has 0 N–H and O–H groups in total. The molecule has 0 aromatic heterocycles. The summed E-state index contributed by atoms with van der Waals surface area (Å²) in [7, 11) is 1.62. The normalized spacial score (nSPS) is 18.5. The van der Waals surface area contributed by atoms with Crippen LogP contribution >= 0.6 is 0 Å². The first-order chi connectivity index (χ1) is 15.3. The lowest BCUT2D eigenvalue weighted by atomic mass is 9.82. The first-order valence-electron chi connectivity index (χ1n) is 11.0. The number of hydroxylamine groups is 2.